The van der Waals surface area contributed by atoms with Crippen molar-refractivity contribution >= 4 is 23.2 Å². The van der Waals surface area contributed by atoms with Crippen molar-refractivity contribution in [1.82, 2.24) is 14.7 Å². The van der Waals surface area contributed by atoms with E-state index in [1.165, 1.54) is 16.2 Å². The highest BCUT2D eigenvalue weighted by Crippen LogP contribution is 2.17. The lowest BCUT2D eigenvalue weighted by atomic mass is 10.1. The van der Waals surface area contributed by atoms with E-state index < -0.39 is 0 Å². The fourth-order valence-corrected chi connectivity index (χ4v) is 4.07. The summed E-state index contributed by atoms with van der Waals surface area (Å²) >= 11 is 1.41. The van der Waals surface area contributed by atoms with Crippen molar-refractivity contribution in [3.8, 4) is 0 Å². The number of nitrogens with zero attached hydrogens (tertiary/aromatic N) is 3. The molecule has 0 bridgehead atoms. The predicted octanol–water partition coefficient (Wildman–Crippen LogP) is 1.14. The maximum atomic E-state index is 12.5. The standard InChI is InChI=1S/C17H25N3O3S/c1-18(17(22)15-3-2-12-24-15)13-16(21)20-8-6-19(7-9-20)14-4-10-23-11-5-14/h2-3,12,14H,4-11,13H2,1H3. The van der Waals surface area contributed by atoms with Gasteiger partial charge >= 0.3 is 0 Å². The molecule has 3 heterocycles. The van der Waals surface area contributed by atoms with E-state index in [1.807, 2.05) is 16.3 Å². The normalized spacial score (nSPS) is 20.1. The van der Waals surface area contributed by atoms with Crippen molar-refractivity contribution in [2.75, 3.05) is 53.0 Å². The van der Waals surface area contributed by atoms with Gasteiger partial charge in [-0.3, -0.25) is 14.5 Å². The van der Waals surface area contributed by atoms with E-state index in [0.29, 0.717) is 10.9 Å². The highest BCUT2D eigenvalue weighted by molar-refractivity contribution is 7.12. The number of ether oxygens (including phenoxy) is 1. The van der Waals surface area contributed by atoms with Crippen LogP contribution in [-0.2, 0) is 9.53 Å². The van der Waals surface area contributed by atoms with E-state index in [-0.39, 0.29) is 18.4 Å². The van der Waals surface area contributed by atoms with Gasteiger partial charge in [-0.05, 0) is 24.3 Å². The minimum Gasteiger partial charge on any atom is -0.381 e. The third-order valence-electron chi connectivity index (χ3n) is 4.83. The van der Waals surface area contributed by atoms with Crippen LogP contribution in [0.25, 0.3) is 0 Å². The van der Waals surface area contributed by atoms with E-state index >= 15 is 0 Å². The van der Waals surface area contributed by atoms with Crippen LogP contribution in [-0.4, -0.2) is 85.5 Å². The van der Waals surface area contributed by atoms with Gasteiger partial charge < -0.3 is 14.5 Å². The molecule has 2 amide bonds. The summed E-state index contributed by atoms with van der Waals surface area (Å²) in [4.78, 5) is 31.2. The number of carbonyl (C=O) groups excluding carboxylic acids is 2. The third kappa shape index (κ3) is 4.15. The Kier molecular flexibility index (Phi) is 5.86. The van der Waals surface area contributed by atoms with Gasteiger partial charge in [-0.1, -0.05) is 6.07 Å². The van der Waals surface area contributed by atoms with Crippen LogP contribution >= 0.6 is 11.3 Å². The summed E-state index contributed by atoms with van der Waals surface area (Å²) in [6.45, 7) is 5.17. The predicted molar refractivity (Wildman–Crippen MR) is 93.3 cm³/mol. The number of hydrogen-bond acceptors (Lipinski definition) is 5. The van der Waals surface area contributed by atoms with Gasteiger partial charge in [0.15, 0.2) is 0 Å². The summed E-state index contributed by atoms with van der Waals surface area (Å²) in [7, 11) is 1.69. The summed E-state index contributed by atoms with van der Waals surface area (Å²) in [5.74, 6) is -0.0479. The van der Waals surface area contributed by atoms with Crippen LogP contribution < -0.4 is 0 Å². The number of carbonyl (C=O) groups is 2. The molecule has 0 unspecified atom stereocenters. The summed E-state index contributed by atoms with van der Waals surface area (Å²) in [6.07, 6.45) is 2.18. The number of likely N-dealkylation sites (N-methyl/N-ethyl adjacent to an activating group) is 1. The fourth-order valence-electron chi connectivity index (χ4n) is 3.35. The molecule has 1 aromatic heterocycles. The van der Waals surface area contributed by atoms with E-state index in [2.05, 4.69) is 4.90 Å². The number of rotatable bonds is 4. The second kappa shape index (κ2) is 8.09. The van der Waals surface area contributed by atoms with Crippen LogP contribution in [0.2, 0.25) is 0 Å². The molecule has 2 fully saturated rings. The number of piperazine rings is 1. The average Bonchev–Trinajstić information content (AvgIpc) is 3.16. The lowest BCUT2D eigenvalue weighted by Gasteiger charge is -2.40. The van der Waals surface area contributed by atoms with Gasteiger partial charge in [-0.15, -0.1) is 11.3 Å². The Morgan fingerprint density at radius 1 is 1.25 bits per heavy atom. The molecular weight excluding hydrogens is 326 g/mol. The topological polar surface area (TPSA) is 53.1 Å². The molecule has 0 saturated carbocycles. The molecule has 0 radical (unpaired) electrons. The van der Waals surface area contributed by atoms with E-state index in [1.54, 1.807) is 13.1 Å². The molecule has 2 aliphatic rings. The van der Waals surface area contributed by atoms with E-state index in [0.717, 1.165) is 52.2 Å². The largest absolute Gasteiger partial charge is 0.381 e. The van der Waals surface area contributed by atoms with Gasteiger partial charge in [0.2, 0.25) is 5.91 Å². The van der Waals surface area contributed by atoms with Crippen molar-refractivity contribution in [2.24, 2.45) is 0 Å². The summed E-state index contributed by atoms with van der Waals surface area (Å²) in [5, 5.41) is 1.87. The van der Waals surface area contributed by atoms with Gasteiger partial charge in [-0.25, -0.2) is 0 Å². The minimum absolute atomic E-state index is 0.0361. The molecule has 0 aliphatic carbocycles. The molecule has 2 saturated heterocycles. The van der Waals surface area contributed by atoms with Gasteiger partial charge in [0, 0.05) is 52.5 Å². The summed E-state index contributed by atoms with van der Waals surface area (Å²) in [6, 6.07) is 4.24. The van der Waals surface area contributed by atoms with Gasteiger partial charge in [0.05, 0.1) is 11.4 Å². The van der Waals surface area contributed by atoms with Crippen LogP contribution in [0.3, 0.4) is 0 Å². The van der Waals surface area contributed by atoms with Crippen molar-refractivity contribution in [3.63, 3.8) is 0 Å². The zero-order valence-corrected chi connectivity index (χ0v) is 15.0. The second-order valence-corrected chi connectivity index (χ2v) is 7.35. The van der Waals surface area contributed by atoms with E-state index in [9.17, 15) is 9.59 Å². The third-order valence-corrected chi connectivity index (χ3v) is 5.68. The number of amides is 2. The van der Waals surface area contributed by atoms with Crippen LogP contribution in [0.15, 0.2) is 17.5 Å². The first kappa shape index (κ1) is 17.4. The zero-order chi connectivity index (χ0) is 16.9. The first-order valence-corrected chi connectivity index (χ1v) is 9.41. The summed E-state index contributed by atoms with van der Waals surface area (Å²) < 4.78 is 5.42. The Labute approximate surface area is 147 Å². The first-order valence-electron chi connectivity index (χ1n) is 8.53. The monoisotopic (exact) mass is 351 g/mol. The Hall–Kier alpha value is -1.44. The average molecular weight is 351 g/mol. The second-order valence-electron chi connectivity index (χ2n) is 6.40. The molecule has 3 rings (SSSR count). The molecule has 132 valence electrons. The Balaban J connectivity index is 1.45. The van der Waals surface area contributed by atoms with Crippen molar-refractivity contribution in [2.45, 2.75) is 18.9 Å². The molecule has 24 heavy (non-hydrogen) atoms. The van der Waals surface area contributed by atoms with Crippen LogP contribution in [0.5, 0.6) is 0 Å². The van der Waals surface area contributed by atoms with Gasteiger partial charge in [0.1, 0.15) is 0 Å². The Morgan fingerprint density at radius 3 is 2.58 bits per heavy atom. The molecule has 6 nitrogen and oxygen atoms in total. The molecule has 2 aliphatic heterocycles. The maximum Gasteiger partial charge on any atom is 0.264 e. The molecule has 0 spiro atoms. The molecule has 0 N–H and O–H groups in total. The van der Waals surface area contributed by atoms with Crippen molar-refractivity contribution < 1.29 is 14.3 Å². The van der Waals surface area contributed by atoms with Crippen LogP contribution in [0.4, 0.5) is 0 Å². The number of hydrogen-bond donors (Lipinski definition) is 0. The molecule has 0 aromatic carbocycles. The highest BCUT2D eigenvalue weighted by Gasteiger charge is 2.28. The van der Waals surface area contributed by atoms with Crippen LogP contribution in [0, 0.1) is 0 Å². The molecule has 0 atom stereocenters. The molecule has 1 aromatic rings. The van der Waals surface area contributed by atoms with Gasteiger partial charge in [-0.2, -0.15) is 0 Å². The first-order chi connectivity index (χ1) is 11.6. The Morgan fingerprint density at radius 2 is 1.96 bits per heavy atom. The molecule has 7 heteroatoms. The maximum absolute atomic E-state index is 12.5. The lowest BCUT2D eigenvalue weighted by Crippen LogP contribution is -2.54. The van der Waals surface area contributed by atoms with Crippen molar-refractivity contribution in [1.29, 1.82) is 0 Å². The minimum atomic E-state index is -0.0841. The van der Waals surface area contributed by atoms with Crippen LogP contribution in [0.1, 0.15) is 22.5 Å². The quantitative estimate of drug-likeness (QED) is 0.816. The number of thiophene rings is 1. The fraction of sp³-hybridized carbons (Fsp3) is 0.647. The summed E-state index contributed by atoms with van der Waals surface area (Å²) in [5.41, 5.74) is 0. The smallest absolute Gasteiger partial charge is 0.264 e. The zero-order valence-electron chi connectivity index (χ0n) is 14.1. The SMILES string of the molecule is CN(CC(=O)N1CCN(C2CCOCC2)CC1)C(=O)c1cccs1. The highest BCUT2D eigenvalue weighted by atomic mass is 32.1. The van der Waals surface area contributed by atoms with Gasteiger partial charge in [0.25, 0.3) is 5.91 Å². The van der Waals surface area contributed by atoms with E-state index in [4.69, 9.17) is 4.74 Å². The molecular formula is C17H25N3O3S. The lowest BCUT2D eigenvalue weighted by molar-refractivity contribution is -0.134. The Bertz CT molecular complexity index is 549. The van der Waals surface area contributed by atoms with Crippen molar-refractivity contribution in [3.05, 3.63) is 22.4 Å².